The Morgan fingerprint density at radius 2 is 1.88 bits per heavy atom. The van der Waals surface area contributed by atoms with Gasteiger partial charge in [0, 0.05) is 0 Å². The topological polar surface area (TPSA) is 55.8 Å². The average Bonchev–Trinajstić information content (AvgIpc) is 2.29. The lowest BCUT2D eigenvalue weighted by Crippen LogP contribution is -2.30. The molecule has 0 aliphatic carbocycles. The van der Waals surface area contributed by atoms with Crippen LogP contribution in [0.5, 0.6) is 5.75 Å². The van der Waals surface area contributed by atoms with E-state index in [2.05, 4.69) is 0 Å². The van der Waals surface area contributed by atoms with Gasteiger partial charge in [-0.1, -0.05) is 18.2 Å². The van der Waals surface area contributed by atoms with Crippen LogP contribution in [-0.2, 0) is 9.53 Å². The molecule has 0 fully saturated rings. The summed E-state index contributed by atoms with van der Waals surface area (Å²) in [4.78, 5) is 10.8. The van der Waals surface area contributed by atoms with Crippen LogP contribution in [0, 0.1) is 5.41 Å². The van der Waals surface area contributed by atoms with Crippen molar-refractivity contribution in [1.29, 1.82) is 0 Å². The van der Waals surface area contributed by atoms with E-state index in [-0.39, 0.29) is 6.61 Å². The van der Waals surface area contributed by atoms with Crippen molar-refractivity contribution in [2.45, 2.75) is 13.8 Å². The zero-order valence-electron chi connectivity index (χ0n) is 10.2. The molecule has 4 nitrogen and oxygen atoms in total. The second kappa shape index (κ2) is 6.25. The molecule has 0 radical (unpaired) electrons. The number of benzene rings is 1. The number of aliphatic carboxylic acids is 1. The van der Waals surface area contributed by atoms with E-state index in [0.29, 0.717) is 13.2 Å². The van der Waals surface area contributed by atoms with Crippen molar-refractivity contribution in [3.05, 3.63) is 30.3 Å². The van der Waals surface area contributed by atoms with E-state index >= 15 is 0 Å². The SMILES string of the molecule is CC(C)(COCCOc1ccccc1)C(=O)O. The van der Waals surface area contributed by atoms with Crippen molar-refractivity contribution in [1.82, 2.24) is 0 Å². The summed E-state index contributed by atoms with van der Waals surface area (Å²) in [5.74, 6) is -0.0740. The standard InChI is InChI=1S/C13H18O4/c1-13(2,12(14)15)10-16-8-9-17-11-6-4-3-5-7-11/h3-7H,8-10H2,1-2H3,(H,14,15). The molecule has 0 aliphatic heterocycles. The van der Waals surface area contributed by atoms with Gasteiger partial charge in [-0.3, -0.25) is 4.79 Å². The molecule has 94 valence electrons. The first-order valence-corrected chi connectivity index (χ1v) is 5.51. The largest absolute Gasteiger partial charge is 0.491 e. The Hall–Kier alpha value is -1.55. The van der Waals surface area contributed by atoms with Gasteiger partial charge in [0.2, 0.25) is 0 Å². The number of hydrogen-bond acceptors (Lipinski definition) is 3. The third-order valence-electron chi connectivity index (χ3n) is 2.28. The molecule has 0 amide bonds. The fourth-order valence-electron chi connectivity index (χ4n) is 1.12. The first-order valence-electron chi connectivity index (χ1n) is 5.51. The highest BCUT2D eigenvalue weighted by Crippen LogP contribution is 2.15. The van der Waals surface area contributed by atoms with Gasteiger partial charge in [0.15, 0.2) is 0 Å². The molecule has 0 heterocycles. The fraction of sp³-hybridized carbons (Fsp3) is 0.462. The molecule has 0 aliphatic rings. The smallest absolute Gasteiger partial charge is 0.311 e. The van der Waals surface area contributed by atoms with Crippen LogP contribution in [0.25, 0.3) is 0 Å². The number of carboxylic acid groups (broad SMARTS) is 1. The molecule has 4 heteroatoms. The summed E-state index contributed by atoms with van der Waals surface area (Å²) in [7, 11) is 0. The quantitative estimate of drug-likeness (QED) is 0.740. The van der Waals surface area contributed by atoms with Crippen molar-refractivity contribution in [2.24, 2.45) is 5.41 Å². The van der Waals surface area contributed by atoms with Gasteiger partial charge in [0.05, 0.1) is 18.6 Å². The summed E-state index contributed by atoms with van der Waals surface area (Å²) >= 11 is 0. The highest BCUT2D eigenvalue weighted by Gasteiger charge is 2.27. The minimum atomic E-state index is -0.860. The van der Waals surface area contributed by atoms with Crippen molar-refractivity contribution < 1.29 is 19.4 Å². The summed E-state index contributed by atoms with van der Waals surface area (Å²) in [6.07, 6.45) is 0. The molecule has 1 N–H and O–H groups in total. The number of para-hydroxylation sites is 1. The van der Waals surface area contributed by atoms with Crippen molar-refractivity contribution in [3.8, 4) is 5.75 Å². The predicted octanol–water partition coefficient (Wildman–Crippen LogP) is 2.19. The lowest BCUT2D eigenvalue weighted by molar-refractivity contribution is -0.150. The predicted molar refractivity (Wildman–Crippen MR) is 64.2 cm³/mol. The molecule has 0 atom stereocenters. The van der Waals surface area contributed by atoms with Crippen LogP contribution in [0.3, 0.4) is 0 Å². The summed E-state index contributed by atoms with van der Waals surface area (Å²) in [6, 6.07) is 9.43. The zero-order valence-corrected chi connectivity index (χ0v) is 10.2. The Morgan fingerprint density at radius 3 is 2.47 bits per heavy atom. The summed E-state index contributed by atoms with van der Waals surface area (Å²) in [5, 5.41) is 8.86. The fourth-order valence-corrected chi connectivity index (χ4v) is 1.12. The lowest BCUT2D eigenvalue weighted by atomic mass is 9.95. The van der Waals surface area contributed by atoms with Gasteiger partial charge in [-0.2, -0.15) is 0 Å². The van der Waals surface area contributed by atoms with E-state index in [1.807, 2.05) is 30.3 Å². The molecule has 0 spiro atoms. The second-order valence-electron chi connectivity index (χ2n) is 4.40. The molecule has 1 aromatic rings. The van der Waals surface area contributed by atoms with Gasteiger partial charge in [-0.05, 0) is 26.0 Å². The Balaban J connectivity index is 2.15. The highest BCUT2D eigenvalue weighted by molar-refractivity contribution is 5.73. The van der Waals surface area contributed by atoms with Crippen LogP contribution in [0.2, 0.25) is 0 Å². The maximum atomic E-state index is 10.8. The normalized spacial score (nSPS) is 11.2. The number of hydrogen-bond donors (Lipinski definition) is 1. The molecule has 0 saturated heterocycles. The van der Waals surface area contributed by atoms with Crippen LogP contribution < -0.4 is 4.74 Å². The Labute approximate surface area is 101 Å². The van der Waals surface area contributed by atoms with Crippen LogP contribution in [0.4, 0.5) is 0 Å². The second-order valence-corrected chi connectivity index (χ2v) is 4.40. The Kier molecular flexibility index (Phi) is 4.97. The minimum absolute atomic E-state index is 0.181. The van der Waals surface area contributed by atoms with Crippen molar-refractivity contribution in [3.63, 3.8) is 0 Å². The molecular weight excluding hydrogens is 220 g/mol. The highest BCUT2D eigenvalue weighted by atomic mass is 16.5. The Morgan fingerprint density at radius 1 is 1.24 bits per heavy atom. The van der Waals surface area contributed by atoms with E-state index in [1.54, 1.807) is 13.8 Å². The Bertz CT molecular complexity index is 346. The molecule has 0 unspecified atom stereocenters. The summed E-state index contributed by atoms with van der Waals surface area (Å²) < 4.78 is 10.7. The number of carboxylic acids is 1. The van der Waals surface area contributed by atoms with Gasteiger partial charge in [-0.25, -0.2) is 0 Å². The van der Waals surface area contributed by atoms with E-state index < -0.39 is 11.4 Å². The van der Waals surface area contributed by atoms with Crippen LogP contribution in [0.1, 0.15) is 13.8 Å². The monoisotopic (exact) mass is 238 g/mol. The van der Waals surface area contributed by atoms with Crippen LogP contribution in [0.15, 0.2) is 30.3 Å². The molecule has 0 aromatic heterocycles. The molecular formula is C13H18O4. The maximum absolute atomic E-state index is 10.8. The van der Waals surface area contributed by atoms with E-state index in [9.17, 15) is 4.79 Å². The molecule has 1 rings (SSSR count). The molecule has 0 bridgehead atoms. The zero-order chi connectivity index (χ0) is 12.7. The first-order chi connectivity index (χ1) is 8.02. The van der Waals surface area contributed by atoms with Gasteiger partial charge >= 0.3 is 5.97 Å². The van der Waals surface area contributed by atoms with E-state index in [4.69, 9.17) is 14.6 Å². The van der Waals surface area contributed by atoms with Gasteiger partial charge in [-0.15, -0.1) is 0 Å². The molecule has 0 saturated carbocycles. The van der Waals surface area contributed by atoms with Crippen LogP contribution in [-0.4, -0.2) is 30.9 Å². The third kappa shape index (κ3) is 4.87. The third-order valence-corrected chi connectivity index (χ3v) is 2.28. The number of rotatable bonds is 7. The average molecular weight is 238 g/mol. The summed E-state index contributed by atoms with van der Waals surface area (Å²) in [6.45, 7) is 4.24. The van der Waals surface area contributed by atoms with E-state index in [0.717, 1.165) is 5.75 Å². The van der Waals surface area contributed by atoms with Crippen molar-refractivity contribution in [2.75, 3.05) is 19.8 Å². The minimum Gasteiger partial charge on any atom is -0.491 e. The van der Waals surface area contributed by atoms with Gasteiger partial charge in [0.25, 0.3) is 0 Å². The maximum Gasteiger partial charge on any atom is 0.311 e. The van der Waals surface area contributed by atoms with E-state index in [1.165, 1.54) is 0 Å². The molecule has 17 heavy (non-hydrogen) atoms. The number of carbonyl (C=O) groups is 1. The van der Waals surface area contributed by atoms with Gasteiger partial charge < -0.3 is 14.6 Å². The summed E-state index contributed by atoms with van der Waals surface area (Å²) in [5.41, 5.74) is -0.854. The molecule has 1 aromatic carbocycles. The van der Waals surface area contributed by atoms with Crippen molar-refractivity contribution >= 4 is 5.97 Å². The lowest BCUT2D eigenvalue weighted by Gasteiger charge is -2.18. The van der Waals surface area contributed by atoms with Crippen LogP contribution >= 0.6 is 0 Å². The first kappa shape index (κ1) is 13.5. The van der Waals surface area contributed by atoms with Gasteiger partial charge in [0.1, 0.15) is 12.4 Å². The number of ether oxygens (including phenoxy) is 2.